The SMILES string of the molecule is COC(=O)CCCN(C)C(=O)CSC. The molecule has 1 amide bonds. The number of nitrogens with zero attached hydrogens (tertiary/aromatic N) is 1. The van der Waals surface area contributed by atoms with Crippen LogP contribution >= 0.6 is 11.8 Å². The minimum atomic E-state index is -0.226. The maximum absolute atomic E-state index is 11.3. The van der Waals surface area contributed by atoms with E-state index in [-0.39, 0.29) is 11.9 Å². The monoisotopic (exact) mass is 219 g/mol. The van der Waals surface area contributed by atoms with Gasteiger partial charge in [0, 0.05) is 20.0 Å². The van der Waals surface area contributed by atoms with Crippen molar-refractivity contribution >= 4 is 23.6 Å². The predicted molar refractivity (Wildman–Crippen MR) is 57.3 cm³/mol. The molecule has 0 heterocycles. The van der Waals surface area contributed by atoms with E-state index in [2.05, 4.69) is 4.74 Å². The molecule has 0 aromatic rings. The van der Waals surface area contributed by atoms with Crippen LogP contribution in [0.15, 0.2) is 0 Å². The van der Waals surface area contributed by atoms with E-state index in [1.807, 2.05) is 6.26 Å². The molecule has 0 aliphatic heterocycles. The summed E-state index contributed by atoms with van der Waals surface area (Å²) in [6, 6.07) is 0. The topological polar surface area (TPSA) is 46.6 Å². The molecule has 0 rings (SSSR count). The number of hydrogen-bond donors (Lipinski definition) is 0. The van der Waals surface area contributed by atoms with Gasteiger partial charge in [0.05, 0.1) is 12.9 Å². The van der Waals surface area contributed by atoms with Gasteiger partial charge in [-0.2, -0.15) is 11.8 Å². The Balaban J connectivity index is 3.58. The van der Waals surface area contributed by atoms with E-state index < -0.39 is 0 Å². The quantitative estimate of drug-likeness (QED) is 0.619. The van der Waals surface area contributed by atoms with Gasteiger partial charge < -0.3 is 9.64 Å². The number of thioether (sulfide) groups is 1. The van der Waals surface area contributed by atoms with Crippen LogP contribution in [0.3, 0.4) is 0 Å². The summed E-state index contributed by atoms with van der Waals surface area (Å²) < 4.78 is 4.49. The molecule has 0 saturated heterocycles. The second-order valence-corrected chi connectivity index (χ2v) is 3.79. The van der Waals surface area contributed by atoms with E-state index in [4.69, 9.17) is 0 Å². The third kappa shape index (κ3) is 5.85. The molecule has 0 N–H and O–H groups in total. The number of hydrogen-bond acceptors (Lipinski definition) is 4. The molecule has 0 unspecified atom stereocenters. The molecule has 0 saturated carbocycles. The smallest absolute Gasteiger partial charge is 0.305 e. The van der Waals surface area contributed by atoms with Gasteiger partial charge in [0.15, 0.2) is 0 Å². The fourth-order valence-electron chi connectivity index (χ4n) is 0.921. The Morgan fingerprint density at radius 2 is 2.07 bits per heavy atom. The summed E-state index contributed by atoms with van der Waals surface area (Å²) in [6.07, 6.45) is 2.91. The number of methoxy groups -OCH3 is 1. The van der Waals surface area contributed by atoms with Crippen molar-refractivity contribution in [2.75, 3.05) is 32.7 Å². The number of esters is 1. The third-order valence-corrected chi connectivity index (χ3v) is 2.33. The molecular formula is C9H17NO3S. The lowest BCUT2D eigenvalue weighted by Gasteiger charge is -2.15. The highest BCUT2D eigenvalue weighted by molar-refractivity contribution is 7.99. The van der Waals surface area contributed by atoms with Gasteiger partial charge in [-0.25, -0.2) is 0 Å². The molecule has 0 bridgehead atoms. The number of carbonyl (C=O) groups excluding carboxylic acids is 2. The lowest BCUT2D eigenvalue weighted by Crippen LogP contribution is -2.29. The van der Waals surface area contributed by atoms with E-state index in [0.717, 1.165) is 0 Å². The van der Waals surface area contributed by atoms with Crippen molar-refractivity contribution in [3.63, 3.8) is 0 Å². The average molecular weight is 219 g/mol. The Hall–Kier alpha value is -0.710. The molecule has 5 heteroatoms. The second-order valence-electron chi connectivity index (χ2n) is 2.93. The molecule has 0 spiro atoms. The highest BCUT2D eigenvalue weighted by Crippen LogP contribution is 1.99. The standard InChI is InChI=1S/C9H17NO3S/c1-10(8(11)7-14-3)6-4-5-9(12)13-2/h4-7H2,1-3H3. The van der Waals surface area contributed by atoms with Crippen LogP contribution in [0.1, 0.15) is 12.8 Å². The maximum Gasteiger partial charge on any atom is 0.305 e. The normalized spacial score (nSPS) is 9.64. The van der Waals surface area contributed by atoms with Crippen molar-refractivity contribution in [3.05, 3.63) is 0 Å². The number of carbonyl (C=O) groups is 2. The van der Waals surface area contributed by atoms with Crippen molar-refractivity contribution in [1.82, 2.24) is 4.90 Å². The second kappa shape index (κ2) is 7.67. The van der Waals surface area contributed by atoms with Crippen LogP contribution in [0.5, 0.6) is 0 Å². The van der Waals surface area contributed by atoms with Gasteiger partial charge in [-0.15, -0.1) is 0 Å². The summed E-state index contributed by atoms with van der Waals surface area (Å²) in [4.78, 5) is 23.7. The van der Waals surface area contributed by atoms with Crippen molar-refractivity contribution in [1.29, 1.82) is 0 Å². The Bertz CT molecular complexity index is 196. The first-order valence-corrected chi connectivity index (χ1v) is 5.81. The van der Waals surface area contributed by atoms with Crippen LogP contribution in [-0.2, 0) is 14.3 Å². The number of rotatable bonds is 6. The Kier molecular flexibility index (Phi) is 7.28. The van der Waals surface area contributed by atoms with Gasteiger partial charge in [0.1, 0.15) is 0 Å². The van der Waals surface area contributed by atoms with E-state index in [1.54, 1.807) is 11.9 Å². The predicted octanol–water partition coefficient (Wildman–Crippen LogP) is 0.761. The van der Waals surface area contributed by atoms with Crippen LogP contribution in [0.2, 0.25) is 0 Å². The van der Waals surface area contributed by atoms with Gasteiger partial charge in [-0.1, -0.05) is 0 Å². The highest BCUT2D eigenvalue weighted by Gasteiger charge is 2.08. The summed E-state index contributed by atoms with van der Waals surface area (Å²) in [6.45, 7) is 0.606. The molecule has 0 radical (unpaired) electrons. The summed E-state index contributed by atoms with van der Waals surface area (Å²) in [5.41, 5.74) is 0. The summed E-state index contributed by atoms with van der Waals surface area (Å²) >= 11 is 1.50. The molecule has 0 aromatic carbocycles. The third-order valence-electron chi connectivity index (χ3n) is 1.80. The fraction of sp³-hybridized carbons (Fsp3) is 0.778. The summed E-state index contributed by atoms with van der Waals surface area (Å²) in [5, 5.41) is 0. The number of amides is 1. The maximum atomic E-state index is 11.3. The van der Waals surface area contributed by atoms with Gasteiger partial charge in [0.25, 0.3) is 0 Å². The number of ether oxygens (including phenoxy) is 1. The van der Waals surface area contributed by atoms with Crippen LogP contribution in [0.4, 0.5) is 0 Å². The average Bonchev–Trinajstić information content (AvgIpc) is 2.17. The lowest BCUT2D eigenvalue weighted by atomic mass is 10.3. The molecular weight excluding hydrogens is 202 g/mol. The van der Waals surface area contributed by atoms with E-state index in [1.165, 1.54) is 18.9 Å². The zero-order valence-electron chi connectivity index (χ0n) is 8.91. The van der Waals surface area contributed by atoms with E-state index in [0.29, 0.717) is 25.1 Å². The Morgan fingerprint density at radius 1 is 1.43 bits per heavy atom. The highest BCUT2D eigenvalue weighted by atomic mass is 32.2. The molecule has 14 heavy (non-hydrogen) atoms. The Labute approximate surface area is 89.0 Å². The van der Waals surface area contributed by atoms with Crippen LogP contribution in [0, 0.1) is 0 Å². The minimum Gasteiger partial charge on any atom is -0.469 e. The van der Waals surface area contributed by atoms with Gasteiger partial charge in [-0.05, 0) is 12.7 Å². The van der Waals surface area contributed by atoms with Gasteiger partial charge >= 0.3 is 5.97 Å². The van der Waals surface area contributed by atoms with Gasteiger partial charge in [-0.3, -0.25) is 9.59 Å². The molecule has 82 valence electrons. The zero-order chi connectivity index (χ0) is 11.0. The van der Waals surface area contributed by atoms with Crippen LogP contribution in [0.25, 0.3) is 0 Å². The first-order chi connectivity index (χ1) is 6.61. The van der Waals surface area contributed by atoms with E-state index in [9.17, 15) is 9.59 Å². The van der Waals surface area contributed by atoms with Crippen molar-refractivity contribution in [2.24, 2.45) is 0 Å². The zero-order valence-corrected chi connectivity index (χ0v) is 9.73. The Morgan fingerprint density at radius 3 is 2.57 bits per heavy atom. The first kappa shape index (κ1) is 13.3. The van der Waals surface area contributed by atoms with Crippen molar-refractivity contribution in [2.45, 2.75) is 12.8 Å². The van der Waals surface area contributed by atoms with Crippen LogP contribution < -0.4 is 0 Å². The fourth-order valence-corrected chi connectivity index (χ4v) is 1.39. The lowest BCUT2D eigenvalue weighted by molar-refractivity contribution is -0.141. The first-order valence-electron chi connectivity index (χ1n) is 4.41. The molecule has 0 aromatic heterocycles. The van der Waals surface area contributed by atoms with Crippen molar-refractivity contribution in [3.8, 4) is 0 Å². The summed E-state index contributed by atoms with van der Waals surface area (Å²) in [7, 11) is 3.11. The molecule has 4 nitrogen and oxygen atoms in total. The molecule has 0 fully saturated rings. The van der Waals surface area contributed by atoms with Gasteiger partial charge in [0.2, 0.25) is 5.91 Å². The molecule has 0 atom stereocenters. The summed E-state index contributed by atoms with van der Waals surface area (Å²) in [5.74, 6) is 0.368. The minimum absolute atomic E-state index is 0.0994. The van der Waals surface area contributed by atoms with Crippen LogP contribution in [-0.4, -0.2) is 49.5 Å². The van der Waals surface area contributed by atoms with E-state index >= 15 is 0 Å². The largest absolute Gasteiger partial charge is 0.469 e. The molecule has 0 aliphatic rings. The molecule has 0 aliphatic carbocycles. The van der Waals surface area contributed by atoms with Crippen molar-refractivity contribution < 1.29 is 14.3 Å².